The van der Waals surface area contributed by atoms with Crippen LogP contribution < -0.4 is 15.8 Å². The third-order valence-corrected chi connectivity index (χ3v) is 2.93. The quantitative estimate of drug-likeness (QED) is 0.863. The second-order valence-electron chi connectivity index (χ2n) is 3.39. The molecule has 1 aromatic rings. The highest BCUT2D eigenvalue weighted by molar-refractivity contribution is 9.10. The fourth-order valence-electron chi connectivity index (χ4n) is 1.38. The van der Waals surface area contributed by atoms with Crippen LogP contribution in [-0.2, 0) is 0 Å². The molecule has 0 aromatic heterocycles. The Morgan fingerprint density at radius 1 is 1.53 bits per heavy atom. The molecule has 0 saturated carbocycles. The number of benzene rings is 1. The smallest absolute Gasteiger partial charge is 0.133 e. The topological polar surface area (TPSA) is 47.3 Å². The third-order valence-electron chi connectivity index (χ3n) is 2.31. The summed E-state index contributed by atoms with van der Waals surface area (Å²) < 4.78 is 6.11. The number of ether oxygens (including phenoxy) is 1. The van der Waals surface area contributed by atoms with Crippen LogP contribution in [0.5, 0.6) is 5.75 Å². The van der Waals surface area contributed by atoms with Crippen molar-refractivity contribution in [2.45, 2.75) is 12.5 Å². The number of halogens is 1. The summed E-state index contributed by atoms with van der Waals surface area (Å²) >= 11 is 3.45. The molecule has 4 heteroatoms. The van der Waals surface area contributed by atoms with Crippen molar-refractivity contribution in [3.05, 3.63) is 28.2 Å². The van der Waals surface area contributed by atoms with Gasteiger partial charge >= 0.3 is 0 Å². The van der Waals surface area contributed by atoms with Gasteiger partial charge in [0.25, 0.3) is 0 Å². The van der Waals surface area contributed by atoms with Crippen molar-refractivity contribution in [2.75, 3.05) is 20.7 Å². The Hall–Kier alpha value is -0.580. The summed E-state index contributed by atoms with van der Waals surface area (Å²) in [6, 6.07) is 6.02. The predicted molar refractivity (Wildman–Crippen MR) is 66.2 cm³/mol. The van der Waals surface area contributed by atoms with Gasteiger partial charge < -0.3 is 15.8 Å². The zero-order chi connectivity index (χ0) is 11.3. The molecule has 1 atom stereocenters. The summed E-state index contributed by atoms with van der Waals surface area (Å²) in [6.07, 6.45) is 0.926. The fraction of sp³-hybridized carbons (Fsp3) is 0.455. The zero-order valence-electron chi connectivity index (χ0n) is 9.09. The highest BCUT2D eigenvalue weighted by Gasteiger charge is 2.08. The summed E-state index contributed by atoms with van der Waals surface area (Å²) in [4.78, 5) is 0. The van der Waals surface area contributed by atoms with Gasteiger partial charge in [-0.25, -0.2) is 0 Å². The first-order chi connectivity index (χ1) is 7.19. The van der Waals surface area contributed by atoms with E-state index in [0.29, 0.717) is 0 Å². The summed E-state index contributed by atoms with van der Waals surface area (Å²) in [5, 5.41) is 3.09. The summed E-state index contributed by atoms with van der Waals surface area (Å²) in [5.74, 6) is 0.833. The number of nitrogens with two attached hydrogens (primary N) is 1. The van der Waals surface area contributed by atoms with Crippen molar-refractivity contribution < 1.29 is 4.74 Å². The van der Waals surface area contributed by atoms with Gasteiger partial charge in [-0.3, -0.25) is 0 Å². The molecule has 15 heavy (non-hydrogen) atoms. The SMILES string of the molecule is CNCCC(N)c1ccc(OC)c(Br)c1. The minimum absolute atomic E-state index is 0.0691. The number of hydrogen-bond acceptors (Lipinski definition) is 3. The summed E-state index contributed by atoms with van der Waals surface area (Å²) in [5.41, 5.74) is 7.16. The van der Waals surface area contributed by atoms with Crippen molar-refractivity contribution in [1.29, 1.82) is 0 Å². The average molecular weight is 273 g/mol. The highest BCUT2D eigenvalue weighted by Crippen LogP contribution is 2.28. The molecular formula is C11H17BrN2O. The molecule has 0 aliphatic rings. The maximum Gasteiger partial charge on any atom is 0.133 e. The molecule has 0 aliphatic heterocycles. The van der Waals surface area contributed by atoms with E-state index in [1.165, 1.54) is 0 Å². The molecular weight excluding hydrogens is 256 g/mol. The molecule has 0 spiro atoms. The van der Waals surface area contributed by atoms with E-state index in [1.54, 1.807) is 7.11 Å². The molecule has 1 unspecified atom stereocenters. The van der Waals surface area contributed by atoms with Crippen LogP contribution in [0.15, 0.2) is 22.7 Å². The maximum absolute atomic E-state index is 6.04. The van der Waals surface area contributed by atoms with Gasteiger partial charge in [0.1, 0.15) is 5.75 Å². The number of hydrogen-bond donors (Lipinski definition) is 2. The molecule has 0 fully saturated rings. The van der Waals surface area contributed by atoms with Crippen LogP contribution >= 0.6 is 15.9 Å². The standard InChI is InChI=1S/C11H17BrN2O/c1-14-6-5-10(13)8-3-4-11(15-2)9(12)7-8/h3-4,7,10,14H,5-6,13H2,1-2H3. The summed E-state index contributed by atoms with van der Waals surface area (Å²) in [6.45, 7) is 0.921. The van der Waals surface area contributed by atoms with Crippen LogP contribution in [0, 0.1) is 0 Å². The van der Waals surface area contributed by atoms with Gasteiger partial charge in [0.2, 0.25) is 0 Å². The van der Waals surface area contributed by atoms with E-state index in [-0.39, 0.29) is 6.04 Å². The first-order valence-corrected chi connectivity index (χ1v) is 5.72. The van der Waals surface area contributed by atoms with Gasteiger partial charge in [0, 0.05) is 6.04 Å². The first-order valence-electron chi connectivity index (χ1n) is 4.92. The number of rotatable bonds is 5. The van der Waals surface area contributed by atoms with Crippen molar-refractivity contribution in [3.8, 4) is 5.75 Å². The number of nitrogens with one attached hydrogen (secondary N) is 1. The lowest BCUT2D eigenvalue weighted by Gasteiger charge is -2.13. The molecule has 0 saturated heterocycles. The monoisotopic (exact) mass is 272 g/mol. The van der Waals surface area contributed by atoms with E-state index < -0.39 is 0 Å². The van der Waals surface area contributed by atoms with Crippen molar-refractivity contribution >= 4 is 15.9 Å². The molecule has 0 heterocycles. The Morgan fingerprint density at radius 3 is 2.80 bits per heavy atom. The van der Waals surface area contributed by atoms with Crippen LogP contribution in [-0.4, -0.2) is 20.7 Å². The van der Waals surface area contributed by atoms with E-state index in [0.717, 1.165) is 28.8 Å². The van der Waals surface area contributed by atoms with Gasteiger partial charge in [-0.2, -0.15) is 0 Å². The van der Waals surface area contributed by atoms with E-state index in [4.69, 9.17) is 10.5 Å². The van der Waals surface area contributed by atoms with E-state index in [1.807, 2.05) is 25.2 Å². The van der Waals surface area contributed by atoms with Gasteiger partial charge in [0.15, 0.2) is 0 Å². The lowest BCUT2D eigenvalue weighted by molar-refractivity contribution is 0.411. The lowest BCUT2D eigenvalue weighted by Crippen LogP contribution is -2.17. The molecule has 0 bridgehead atoms. The maximum atomic E-state index is 6.04. The predicted octanol–water partition coefficient (Wildman–Crippen LogP) is 2.07. The Kier molecular flexibility index (Phi) is 5.08. The zero-order valence-corrected chi connectivity index (χ0v) is 10.7. The molecule has 84 valence electrons. The van der Waals surface area contributed by atoms with Gasteiger partial charge in [-0.15, -0.1) is 0 Å². The Bertz CT molecular complexity index is 317. The summed E-state index contributed by atoms with van der Waals surface area (Å²) in [7, 11) is 3.58. The molecule has 0 amide bonds. The highest BCUT2D eigenvalue weighted by atomic mass is 79.9. The Labute approximate surface area is 99.1 Å². The Morgan fingerprint density at radius 2 is 2.27 bits per heavy atom. The van der Waals surface area contributed by atoms with Crippen LogP contribution in [0.25, 0.3) is 0 Å². The molecule has 1 rings (SSSR count). The van der Waals surface area contributed by atoms with Gasteiger partial charge in [-0.1, -0.05) is 6.07 Å². The molecule has 0 radical (unpaired) electrons. The largest absolute Gasteiger partial charge is 0.496 e. The molecule has 3 N–H and O–H groups in total. The second kappa shape index (κ2) is 6.10. The van der Waals surface area contributed by atoms with Crippen LogP contribution in [0.1, 0.15) is 18.0 Å². The van der Waals surface area contributed by atoms with Crippen LogP contribution in [0.2, 0.25) is 0 Å². The van der Waals surface area contributed by atoms with Crippen molar-refractivity contribution in [3.63, 3.8) is 0 Å². The molecule has 0 aliphatic carbocycles. The third kappa shape index (κ3) is 3.48. The lowest BCUT2D eigenvalue weighted by atomic mass is 10.0. The number of methoxy groups -OCH3 is 1. The second-order valence-corrected chi connectivity index (χ2v) is 4.25. The van der Waals surface area contributed by atoms with E-state index >= 15 is 0 Å². The van der Waals surface area contributed by atoms with E-state index in [9.17, 15) is 0 Å². The van der Waals surface area contributed by atoms with Crippen LogP contribution in [0.4, 0.5) is 0 Å². The van der Waals surface area contributed by atoms with Gasteiger partial charge in [0.05, 0.1) is 11.6 Å². The van der Waals surface area contributed by atoms with Crippen LogP contribution in [0.3, 0.4) is 0 Å². The molecule has 1 aromatic carbocycles. The normalized spacial score (nSPS) is 12.5. The van der Waals surface area contributed by atoms with Crippen molar-refractivity contribution in [2.24, 2.45) is 5.73 Å². The minimum Gasteiger partial charge on any atom is -0.496 e. The molecule has 3 nitrogen and oxygen atoms in total. The first kappa shape index (κ1) is 12.5. The Balaban J connectivity index is 2.73. The van der Waals surface area contributed by atoms with E-state index in [2.05, 4.69) is 21.2 Å². The van der Waals surface area contributed by atoms with Crippen molar-refractivity contribution in [1.82, 2.24) is 5.32 Å². The average Bonchev–Trinajstić information content (AvgIpc) is 2.25. The minimum atomic E-state index is 0.0691. The fourth-order valence-corrected chi connectivity index (χ4v) is 1.94. The van der Waals surface area contributed by atoms with Gasteiger partial charge in [-0.05, 0) is 53.6 Å².